The van der Waals surface area contributed by atoms with Crippen LogP contribution in [0.25, 0.3) is 0 Å². The van der Waals surface area contributed by atoms with E-state index in [1.54, 1.807) is 0 Å². The zero-order chi connectivity index (χ0) is 15.4. The molecule has 0 aliphatic heterocycles. The summed E-state index contributed by atoms with van der Waals surface area (Å²) in [7, 11) is 2.37. The Hall–Kier alpha value is -1.59. The minimum Gasteiger partial charge on any atom is -0.469 e. The molecule has 116 valence electrons. The predicted octanol–water partition coefficient (Wildman–Crippen LogP) is 1.99. The number of hydrogen-bond donors (Lipinski definition) is 0. The molecule has 0 spiro atoms. The monoisotopic (exact) mass is 288 g/mol. The average molecular weight is 288 g/mol. The Balaban J connectivity index is 4.12. The van der Waals surface area contributed by atoms with Gasteiger partial charge in [0.1, 0.15) is 0 Å². The molecule has 6 nitrogen and oxygen atoms in total. The molecule has 1 atom stereocenters. The van der Waals surface area contributed by atoms with Gasteiger partial charge in [0.15, 0.2) is 0 Å². The summed E-state index contributed by atoms with van der Waals surface area (Å²) in [4.78, 5) is 34.1. The van der Waals surface area contributed by atoms with Crippen molar-refractivity contribution in [2.75, 3.05) is 14.2 Å². The van der Waals surface area contributed by atoms with Crippen LogP contribution in [0.15, 0.2) is 0 Å². The SMILES string of the molecule is CCCCCCCC(=O)O[C@@H](CC(=O)OC)C(=O)OC. The van der Waals surface area contributed by atoms with E-state index in [-0.39, 0.29) is 12.8 Å². The van der Waals surface area contributed by atoms with Crippen LogP contribution in [0.4, 0.5) is 0 Å². The Bertz CT molecular complexity index is 313. The van der Waals surface area contributed by atoms with Gasteiger partial charge in [0.25, 0.3) is 0 Å². The van der Waals surface area contributed by atoms with Crippen molar-refractivity contribution in [3.05, 3.63) is 0 Å². The van der Waals surface area contributed by atoms with E-state index in [1.165, 1.54) is 14.2 Å². The van der Waals surface area contributed by atoms with E-state index in [0.717, 1.165) is 25.7 Å². The van der Waals surface area contributed by atoms with Gasteiger partial charge in [-0.05, 0) is 6.42 Å². The molecule has 0 saturated heterocycles. The van der Waals surface area contributed by atoms with Crippen LogP contribution in [-0.2, 0) is 28.6 Å². The molecule has 0 amide bonds. The Morgan fingerprint density at radius 1 is 0.900 bits per heavy atom. The first-order valence-corrected chi connectivity index (χ1v) is 6.89. The third kappa shape index (κ3) is 8.50. The smallest absolute Gasteiger partial charge is 0.347 e. The summed E-state index contributed by atoms with van der Waals surface area (Å²) in [6, 6.07) is 0. The van der Waals surface area contributed by atoms with Crippen molar-refractivity contribution >= 4 is 17.9 Å². The van der Waals surface area contributed by atoms with Gasteiger partial charge in [0.05, 0.1) is 20.6 Å². The van der Waals surface area contributed by atoms with Crippen LogP contribution in [0.1, 0.15) is 51.9 Å². The molecule has 6 heteroatoms. The lowest BCUT2D eigenvalue weighted by atomic mass is 10.1. The molecule has 0 unspecified atom stereocenters. The molecule has 0 saturated carbocycles. The van der Waals surface area contributed by atoms with Crippen molar-refractivity contribution in [3.63, 3.8) is 0 Å². The molecule has 0 bridgehead atoms. The molecule has 0 rings (SSSR count). The zero-order valence-corrected chi connectivity index (χ0v) is 12.5. The van der Waals surface area contributed by atoms with E-state index in [0.29, 0.717) is 6.42 Å². The van der Waals surface area contributed by atoms with Gasteiger partial charge in [0.2, 0.25) is 6.10 Å². The van der Waals surface area contributed by atoms with E-state index in [1.807, 2.05) is 0 Å². The quantitative estimate of drug-likeness (QED) is 0.347. The van der Waals surface area contributed by atoms with Crippen LogP contribution in [0.2, 0.25) is 0 Å². The minimum atomic E-state index is -1.23. The number of rotatable bonds is 10. The third-order valence-electron chi connectivity index (χ3n) is 2.80. The largest absolute Gasteiger partial charge is 0.469 e. The molecule has 20 heavy (non-hydrogen) atoms. The second-order valence-corrected chi connectivity index (χ2v) is 4.45. The highest BCUT2D eigenvalue weighted by atomic mass is 16.6. The summed E-state index contributed by atoms with van der Waals surface area (Å²) in [6.45, 7) is 2.11. The first kappa shape index (κ1) is 18.4. The summed E-state index contributed by atoms with van der Waals surface area (Å²) < 4.78 is 13.9. The second kappa shape index (κ2) is 11.3. The average Bonchev–Trinajstić information content (AvgIpc) is 2.45. The highest BCUT2D eigenvalue weighted by Gasteiger charge is 2.27. The van der Waals surface area contributed by atoms with Gasteiger partial charge < -0.3 is 14.2 Å². The molecule has 0 aliphatic carbocycles. The minimum absolute atomic E-state index is 0.235. The van der Waals surface area contributed by atoms with E-state index in [4.69, 9.17) is 4.74 Å². The number of unbranched alkanes of at least 4 members (excludes halogenated alkanes) is 4. The number of carbonyl (C=O) groups excluding carboxylic acids is 3. The fraction of sp³-hybridized carbons (Fsp3) is 0.786. The van der Waals surface area contributed by atoms with E-state index in [9.17, 15) is 14.4 Å². The van der Waals surface area contributed by atoms with E-state index < -0.39 is 24.0 Å². The van der Waals surface area contributed by atoms with Crippen molar-refractivity contribution < 1.29 is 28.6 Å². The molecular weight excluding hydrogens is 264 g/mol. The fourth-order valence-electron chi connectivity index (χ4n) is 1.63. The van der Waals surface area contributed by atoms with Crippen LogP contribution < -0.4 is 0 Å². The number of carbonyl (C=O) groups is 3. The van der Waals surface area contributed by atoms with Crippen LogP contribution >= 0.6 is 0 Å². The molecule has 0 aromatic carbocycles. The van der Waals surface area contributed by atoms with Crippen LogP contribution in [0.5, 0.6) is 0 Å². The lowest BCUT2D eigenvalue weighted by Gasteiger charge is -2.14. The zero-order valence-electron chi connectivity index (χ0n) is 12.5. The molecule has 0 aromatic rings. The van der Waals surface area contributed by atoms with E-state index in [2.05, 4.69) is 16.4 Å². The van der Waals surface area contributed by atoms with Crippen LogP contribution in [-0.4, -0.2) is 38.2 Å². The summed E-state index contributed by atoms with van der Waals surface area (Å²) >= 11 is 0. The van der Waals surface area contributed by atoms with Crippen LogP contribution in [0, 0.1) is 0 Å². The van der Waals surface area contributed by atoms with Crippen molar-refractivity contribution in [2.45, 2.75) is 58.0 Å². The van der Waals surface area contributed by atoms with Gasteiger partial charge in [-0.15, -0.1) is 0 Å². The number of hydrogen-bond acceptors (Lipinski definition) is 6. The fourth-order valence-corrected chi connectivity index (χ4v) is 1.63. The van der Waals surface area contributed by atoms with Crippen molar-refractivity contribution in [1.82, 2.24) is 0 Å². The van der Waals surface area contributed by atoms with Crippen molar-refractivity contribution in [1.29, 1.82) is 0 Å². The maximum absolute atomic E-state index is 11.6. The summed E-state index contributed by atoms with van der Waals surface area (Å²) in [5, 5.41) is 0. The highest BCUT2D eigenvalue weighted by molar-refractivity contribution is 5.84. The standard InChI is InChI=1S/C14H24O6/c1-4-5-6-7-8-9-12(15)20-11(14(17)19-3)10-13(16)18-2/h11H,4-10H2,1-3H3/t11-/m0/s1. The number of esters is 3. The van der Waals surface area contributed by atoms with Crippen LogP contribution in [0.3, 0.4) is 0 Å². The number of methoxy groups -OCH3 is 2. The predicted molar refractivity (Wildman–Crippen MR) is 71.9 cm³/mol. The highest BCUT2D eigenvalue weighted by Crippen LogP contribution is 2.09. The lowest BCUT2D eigenvalue weighted by molar-refractivity contribution is -0.169. The topological polar surface area (TPSA) is 78.9 Å². The maximum atomic E-state index is 11.6. The Morgan fingerprint density at radius 3 is 2.10 bits per heavy atom. The third-order valence-corrected chi connectivity index (χ3v) is 2.80. The first-order chi connectivity index (χ1) is 9.54. The molecular formula is C14H24O6. The normalized spacial score (nSPS) is 11.6. The lowest BCUT2D eigenvalue weighted by Crippen LogP contribution is -2.31. The Morgan fingerprint density at radius 2 is 1.55 bits per heavy atom. The van der Waals surface area contributed by atoms with Gasteiger partial charge in [-0.3, -0.25) is 9.59 Å². The van der Waals surface area contributed by atoms with Crippen molar-refractivity contribution in [2.24, 2.45) is 0 Å². The first-order valence-electron chi connectivity index (χ1n) is 6.89. The molecule has 0 aromatic heterocycles. The molecule has 0 heterocycles. The molecule has 0 aliphatic rings. The summed E-state index contributed by atoms with van der Waals surface area (Å²) in [6.07, 6.45) is 3.69. The Labute approximate surface area is 119 Å². The van der Waals surface area contributed by atoms with Crippen molar-refractivity contribution in [3.8, 4) is 0 Å². The van der Waals surface area contributed by atoms with Gasteiger partial charge in [-0.25, -0.2) is 4.79 Å². The molecule has 0 N–H and O–H groups in total. The molecule has 0 fully saturated rings. The van der Waals surface area contributed by atoms with E-state index >= 15 is 0 Å². The van der Waals surface area contributed by atoms with Gasteiger partial charge in [0, 0.05) is 6.42 Å². The second-order valence-electron chi connectivity index (χ2n) is 4.45. The summed E-state index contributed by atoms with van der Waals surface area (Å²) in [5.41, 5.74) is 0. The number of ether oxygens (including phenoxy) is 3. The van der Waals surface area contributed by atoms with Gasteiger partial charge in [-0.2, -0.15) is 0 Å². The summed E-state index contributed by atoms with van der Waals surface area (Å²) in [5.74, 6) is -1.88. The Kier molecular flexibility index (Phi) is 10.4. The van der Waals surface area contributed by atoms with Gasteiger partial charge >= 0.3 is 17.9 Å². The molecule has 0 radical (unpaired) electrons. The van der Waals surface area contributed by atoms with Gasteiger partial charge in [-0.1, -0.05) is 32.6 Å². The maximum Gasteiger partial charge on any atom is 0.347 e.